The Morgan fingerprint density at radius 3 is 2.71 bits per heavy atom. The van der Waals surface area contributed by atoms with Crippen molar-refractivity contribution in [1.82, 2.24) is 0 Å². The summed E-state index contributed by atoms with van der Waals surface area (Å²) >= 11 is 1.27. The minimum Gasteiger partial charge on any atom is -0.487 e. The van der Waals surface area contributed by atoms with E-state index in [-0.39, 0.29) is 5.12 Å². The lowest BCUT2D eigenvalue weighted by molar-refractivity contribution is -0.109. The van der Waals surface area contributed by atoms with Crippen LogP contribution in [-0.2, 0) is 11.4 Å². The van der Waals surface area contributed by atoms with Gasteiger partial charge in [0.2, 0.25) is 0 Å². The molecule has 0 atom stereocenters. The summed E-state index contributed by atoms with van der Waals surface area (Å²) < 4.78 is 5.77. The highest BCUT2D eigenvalue weighted by atomic mass is 32.2. The van der Waals surface area contributed by atoms with Crippen LogP contribution < -0.4 is 4.74 Å². The Balaban J connectivity index is 2.03. The number of benzene rings is 2. The maximum Gasteiger partial charge on any atom is 0.185 e. The first-order valence-corrected chi connectivity index (χ1v) is 8.50. The van der Waals surface area contributed by atoms with Crippen molar-refractivity contribution in [2.45, 2.75) is 20.0 Å². The lowest BCUT2D eigenvalue weighted by Gasteiger charge is -2.08. The predicted molar refractivity (Wildman–Crippen MR) is 96.6 cm³/mol. The Morgan fingerprint density at radius 1 is 1.21 bits per heavy atom. The van der Waals surface area contributed by atoms with Gasteiger partial charge in [0.25, 0.3) is 0 Å². The van der Waals surface area contributed by atoms with E-state index in [0.717, 1.165) is 11.1 Å². The number of nitrogens with zero attached hydrogens (tertiary/aromatic N) is 1. The summed E-state index contributed by atoms with van der Waals surface area (Å²) in [6.07, 6.45) is 0.643. The van der Waals surface area contributed by atoms with Crippen LogP contribution in [0.25, 0.3) is 0 Å². The molecule has 3 nitrogen and oxygen atoms in total. The molecule has 0 bridgehead atoms. The van der Waals surface area contributed by atoms with Crippen molar-refractivity contribution in [3.8, 4) is 23.7 Å². The monoisotopic (exact) mass is 335 g/mol. The first-order chi connectivity index (χ1) is 11.7. The highest BCUT2D eigenvalue weighted by Gasteiger charge is 2.04. The molecule has 0 N–H and O–H groups in total. The van der Waals surface area contributed by atoms with Gasteiger partial charge in [0.05, 0.1) is 5.56 Å². The topological polar surface area (TPSA) is 50.1 Å². The number of rotatable bonds is 5. The molecule has 0 aromatic heterocycles. The summed E-state index contributed by atoms with van der Waals surface area (Å²) in [7, 11) is 0. The van der Waals surface area contributed by atoms with E-state index in [0.29, 0.717) is 30.1 Å². The quantitative estimate of drug-likeness (QED) is 0.608. The van der Waals surface area contributed by atoms with Gasteiger partial charge in [-0.05, 0) is 23.8 Å². The molecule has 0 unspecified atom stereocenters. The number of hydrogen-bond donors (Lipinski definition) is 0. The number of carbonyl (C=O) groups is 1. The van der Waals surface area contributed by atoms with Gasteiger partial charge in [-0.2, -0.15) is 5.26 Å². The van der Waals surface area contributed by atoms with E-state index in [4.69, 9.17) is 4.74 Å². The van der Waals surface area contributed by atoms with Gasteiger partial charge in [0.15, 0.2) is 5.12 Å². The van der Waals surface area contributed by atoms with Gasteiger partial charge in [-0.1, -0.05) is 53.9 Å². The van der Waals surface area contributed by atoms with Crippen molar-refractivity contribution in [2.24, 2.45) is 0 Å². The van der Waals surface area contributed by atoms with Gasteiger partial charge in [-0.3, -0.25) is 4.79 Å². The third-order valence-corrected chi connectivity index (χ3v) is 3.92. The zero-order valence-corrected chi connectivity index (χ0v) is 14.2. The molecular formula is C20H17NO2S. The molecule has 0 spiro atoms. The average molecular weight is 335 g/mol. The molecule has 24 heavy (non-hydrogen) atoms. The van der Waals surface area contributed by atoms with Gasteiger partial charge >= 0.3 is 0 Å². The first kappa shape index (κ1) is 17.7. The second-order valence-corrected chi connectivity index (χ2v) is 6.26. The van der Waals surface area contributed by atoms with Crippen LogP contribution in [0, 0.1) is 23.2 Å². The van der Waals surface area contributed by atoms with Crippen molar-refractivity contribution >= 4 is 16.9 Å². The van der Waals surface area contributed by atoms with Gasteiger partial charge < -0.3 is 4.74 Å². The number of ether oxygens (including phenoxy) is 1. The molecule has 0 amide bonds. The van der Waals surface area contributed by atoms with Crippen molar-refractivity contribution in [3.63, 3.8) is 0 Å². The molecule has 2 rings (SSSR count). The second kappa shape index (κ2) is 9.45. The van der Waals surface area contributed by atoms with Gasteiger partial charge in [0, 0.05) is 24.7 Å². The van der Waals surface area contributed by atoms with Gasteiger partial charge in [0.1, 0.15) is 18.4 Å². The summed E-state index contributed by atoms with van der Waals surface area (Å²) in [6.45, 7) is 1.96. The fraction of sp³-hybridized carbons (Fsp3) is 0.200. The number of thioether (sulfide) groups is 1. The smallest absolute Gasteiger partial charge is 0.185 e. The molecule has 2 aromatic rings. The van der Waals surface area contributed by atoms with Crippen LogP contribution in [-0.4, -0.2) is 10.9 Å². The number of carbonyl (C=O) groups excluding carboxylic acids is 1. The SMILES string of the molecule is CC(=O)SCCC#Cc1ccc(C#N)c(OCc2ccccc2)c1. The molecule has 0 saturated carbocycles. The molecule has 0 saturated heterocycles. The molecule has 0 aliphatic rings. The van der Waals surface area contributed by atoms with Crippen LogP contribution in [0.5, 0.6) is 5.75 Å². The molecule has 0 aliphatic heterocycles. The summed E-state index contributed by atoms with van der Waals surface area (Å²) in [5, 5.41) is 9.31. The normalized spacial score (nSPS) is 9.50. The zero-order valence-electron chi connectivity index (χ0n) is 13.4. The lowest BCUT2D eigenvalue weighted by Crippen LogP contribution is -1.97. The molecule has 0 fully saturated rings. The van der Waals surface area contributed by atoms with Crippen molar-refractivity contribution in [1.29, 1.82) is 5.26 Å². The van der Waals surface area contributed by atoms with E-state index in [2.05, 4.69) is 17.9 Å². The third kappa shape index (κ3) is 5.83. The second-order valence-electron chi connectivity index (χ2n) is 4.99. The van der Waals surface area contributed by atoms with Crippen molar-refractivity contribution in [3.05, 3.63) is 65.2 Å². The van der Waals surface area contributed by atoms with Crippen LogP contribution in [0.1, 0.15) is 30.0 Å². The minimum absolute atomic E-state index is 0.103. The molecule has 0 aliphatic carbocycles. The maximum atomic E-state index is 10.8. The van der Waals surface area contributed by atoms with Crippen LogP contribution in [0.2, 0.25) is 0 Å². The molecule has 0 heterocycles. The Hall–Kier alpha value is -2.69. The van der Waals surface area contributed by atoms with Crippen LogP contribution >= 0.6 is 11.8 Å². The standard InChI is InChI=1S/C20H17NO2S/c1-16(22)24-12-6-5-7-17-10-11-19(14-21)20(13-17)23-15-18-8-3-2-4-9-18/h2-4,8-11,13H,6,12,15H2,1H3. The van der Waals surface area contributed by atoms with E-state index >= 15 is 0 Å². The lowest BCUT2D eigenvalue weighted by atomic mass is 10.1. The summed E-state index contributed by atoms with van der Waals surface area (Å²) in [5.74, 6) is 7.30. The van der Waals surface area contributed by atoms with E-state index < -0.39 is 0 Å². The molecule has 120 valence electrons. The van der Waals surface area contributed by atoms with Crippen molar-refractivity contribution in [2.75, 3.05) is 5.75 Å². The largest absolute Gasteiger partial charge is 0.487 e. The molecule has 0 radical (unpaired) electrons. The average Bonchev–Trinajstić information content (AvgIpc) is 2.60. The third-order valence-electron chi connectivity index (χ3n) is 3.10. The van der Waals surface area contributed by atoms with Crippen LogP contribution in [0.4, 0.5) is 0 Å². The highest BCUT2D eigenvalue weighted by molar-refractivity contribution is 8.13. The summed E-state index contributed by atoms with van der Waals surface area (Å²) in [6, 6.07) is 17.2. The van der Waals surface area contributed by atoms with Gasteiger partial charge in [-0.15, -0.1) is 0 Å². The Labute approximate surface area is 146 Å². The number of nitriles is 1. The molecule has 2 aromatic carbocycles. The van der Waals surface area contributed by atoms with Crippen LogP contribution in [0.15, 0.2) is 48.5 Å². The van der Waals surface area contributed by atoms with Crippen molar-refractivity contribution < 1.29 is 9.53 Å². The van der Waals surface area contributed by atoms with E-state index in [9.17, 15) is 10.1 Å². The highest BCUT2D eigenvalue weighted by Crippen LogP contribution is 2.21. The van der Waals surface area contributed by atoms with E-state index in [1.165, 1.54) is 11.8 Å². The first-order valence-electron chi connectivity index (χ1n) is 7.52. The summed E-state index contributed by atoms with van der Waals surface area (Å²) in [4.78, 5) is 10.8. The van der Waals surface area contributed by atoms with E-state index in [1.54, 1.807) is 25.1 Å². The Morgan fingerprint density at radius 2 is 2.00 bits per heavy atom. The number of hydrogen-bond acceptors (Lipinski definition) is 4. The molecule has 4 heteroatoms. The predicted octanol–water partition coefficient (Wildman–Crippen LogP) is 4.16. The van der Waals surface area contributed by atoms with E-state index in [1.807, 2.05) is 30.3 Å². The fourth-order valence-corrected chi connectivity index (χ4v) is 2.45. The minimum atomic E-state index is 0.103. The Bertz CT molecular complexity index is 798. The zero-order chi connectivity index (χ0) is 17.2. The van der Waals surface area contributed by atoms with Gasteiger partial charge in [-0.25, -0.2) is 0 Å². The summed E-state index contributed by atoms with van der Waals surface area (Å²) in [5.41, 5.74) is 2.33. The maximum absolute atomic E-state index is 10.8. The Kier molecular flexibility index (Phi) is 6.95. The fourth-order valence-electron chi connectivity index (χ4n) is 1.96. The molecular weight excluding hydrogens is 318 g/mol. The van der Waals surface area contributed by atoms with Crippen LogP contribution in [0.3, 0.4) is 0 Å².